The average molecular weight is 283 g/mol. The number of thiazole rings is 1. The van der Waals surface area contributed by atoms with E-state index in [4.69, 9.17) is 16.3 Å². The van der Waals surface area contributed by atoms with Crippen molar-refractivity contribution in [1.29, 1.82) is 0 Å². The maximum absolute atomic E-state index is 5.99. The van der Waals surface area contributed by atoms with Gasteiger partial charge in [0.25, 0.3) is 0 Å². The number of rotatable bonds is 3. The monoisotopic (exact) mass is 282 g/mol. The molecule has 1 saturated heterocycles. The van der Waals surface area contributed by atoms with E-state index in [0.717, 1.165) is 46.6 Å². The first-order chi connectivity index (χ1) is 8.72. The number of fused-ring (bicyclic) bond motifs is 1. The molecular weight excluding hydrogens is 268 g/mol. The largest absolute Gasteiger partial charge is 0.381 e. The van der Waals surface area contributed by atoms with E-state index >= 15 is 0 Å². The van der Waals surface area contributed by atoms with Gasteiger partial charge in [-0.3, -0.25) is 0 Å². The Bertz CT molecular complexity index is 551. The van der Waals surface area contributed by atoms with Crippen LogP contribution >= 0.6 is 22.9 Å². The van der Waals surface area contributed by atoms with E-state index in [1.54, 1.807) is 11.3 Å². The Balaban J connectivity index is 1.80. The Hall–Kier alpha value is -0.840. The van der Waals surface area contributed by atoms with Crippen molar-refractivity contribution >= 4 is 38.3 Å². The van der Waals surface area contributed by atoms with Gasteiger partial charge in [-0.15, -0.1) is 0 Å². The summed E-state index contributed by atoms with van der Waals surface area (Å²) < 4.78 is 6.55. The molecule has 0 bridgehead atoms. The summed E-state index contributed by atoms with van der Waals surface area (Å²) in [6.07, 6.45) is 1.15. The molecular formula is C13H15ClN2OS. The Kier molecular flexibility index (Phi) is 3.41. The third-order valence-corrected chi connectivity index (χ3v) is 4.59. The Morgan fingerprint density at radius 1 is 1.56 bits per heavy atom. The molecule has 3 rings (SSSR count). The lowest BCUT2D eigenvalue weighted by Gasteiger charge is -2.18. The summed E-state index contributed by atoms with van der Waals surface area (Å²) in [5, 5.41) is 1.82. The van der Waals surface area contributed by atoms with Gasteiger partial charge in [0.15, 0.2) is 5.13 Å². The fourth-order valence-electron chi connectivity index (χ4n) is 2.24. The van der Waals surface area contributed by atoms with Crippen LogP contribution in [0.25, 0.3) is 10.2 Å². The fourth-order valence-corrected chi connectivity index (χ4v) is 3.45. The summed E-state index contributed by atoms with van der Waals surface area (Å²) in [6, 6.07) is 5.84. The van der Waals surface area contributed by atoms with Crippen LogP contribution in [0.3, 0.4) is 0 Å². The first-order valence-corrected chi connectivity index (χ1v) is 7.27. The van der Waals surface area contributed by atoms with Gasteiger partial charge >= 0.3 is 0 Å². The van der Waals surface area contributed by atoms with Crippen molar-refractivity contribution < 1.29 is 4.74 Å². The summed E-state index contributed by atoms with van der Waals surface area (Å²) >= 11 is 7.69. The third-order valence-electron chi connectivity index (χ3n) is 3.22. The Morgan fingerprint density at radius 3 is 3.22 bits per heavy atom. The first kappa shape index (κ1) is 12.2. The van der Waals surface area contributed by atoms with Gasteiger partial charge in [-0.05, 0) is 24.6 Å². The van der Waals surface area contributed by atoms with Crippen molar-refractivity contribution in [3.63, 3.8) is 0 Å². The van der Waals surface area contributed by atoms with Gasteiger partial charge in [-0.25, -0.2) is 4.98 Å². The lowest BCUT2D eigenvalue weighted by molar-refractivity contribution is 0.186. The van der Waals surface area contributed by atoms with Crippen molar-refractivity contribution in [2.75, 3.05) is 31.7 Å². The van der Waals surface area contributed by atoms with Crippen LogP contribution in [0.2, 0.25) is 5.02 Å². The van der Waals surface area contributed by atoms with Crippen LogP contribution in [0, 0.1) is 5.92 Å². The topological polar surface area (TPSA) is 25.4 Å². The summed E-state index contributed by atoms with van der Waals surface area (Å²) in [4.78, 5) is 6.86. The highest BCUT2D eigenvalue weighted by molar-refractivity contribution is 7.22. The van der Waals surface area contributed by atoms with E-state index in [2.05, 4.69) is 16.9 Å². The Labute approximate surface area is 115 Å². The zero-order chi connectivity index (χ0) is 12.5. The number of nitrogens with zero attached hydrogens (tertiary/aromatic N) is 2. The summed E-state index contributed by atoms with van der Waals surface area (Å²) in [5.74, 6) is 0.630. The zero-order valence-corrected chi connectivity index (χ0v) is 11.8. The second kappa shape index (κ2) is 5.03. The van der Waals surface area contributed by atoms with E-state index in [1.165, 1.54) is 0 Å². The average Bonchev–Trinajstić information content (AvgIpc) is 2.96. The number of ether oxygens (including phenoxy) is 1. The molecule has 1 aromatic carbocycles. The van der Waals surface area contributed by atoms with Crippen molar-refractivity contribution in [2.24, 2.45) is 5.92 Å². The minimum Gasteiger partial charge on any atom is -0.381 e. The maximum Gasteiger partial charge on any atom is 0.186 e. The van der Waals surface area contributed by atoms with E-state index in [9.17, 15) is 0 Å². The van der Waals surface area contributed by atoms with Gasteiger partial charge in [0.1, 0.15) is 0 Å². The highest BCUT2D eigenvalue weighted by Gasteiger charge is 2.19. The van der Waals surface area contributed by atoms with Crippen LogP contribution in [0.5, 0.6) is 0 Å². The molecule has 0 spiro atoms. The van der Waals surface area contributed by atoms with Gasteiger partial charge in [-0.1, -0.05) is 22.9 Å². The lowest BCUT2D eigenvalue weighted by Crippen LogP contribution is -2.25. The molecule has 5 heteroatoms. The number of halogens is 1. The molecule has 1 fully saturated rings. The highest BCUT2D eigenvalue weighted by Crippen LogP contribution is 2.30. The van der Waals surface area contributed by atoms with E-state index in [-0.39, 0.29) is 0 Å². The predicted octanol–water partition coefficient (Wildman–Crippen LogP) is 3.42. The van der Waals surface area contributed by atoms with Gasteiger partial charge < -0.3 is 9.64 Å². The quantitative estimate of drug-likeness (QED) is 0.862. The molecule has 1 unspecified atom stereocenters. The van der Waals surface area contributed by atoms with Crippen LogP contribution in [-0.4, -0.2) is 31.8 Å². The zero-order valence-electron chi connectivity index (χ0n) is 10.2. The molecule has 1 aliphatic heterocycles. The number of hydrogen-bond acceptors (Lipinski definition) is 4. The van der Waals surface area contributed by atoms with Crippen molar-refractivity contribution in [2.45, 2.75) is 6.42 Å². The molecule has 1 aromatic heterocycles. The van der Waals surface area contributed by atoms with E-state index < -0.39 is 0 Å². The maximum atomic E-state index is 5.99. The van der Waals surface area contributed by atoms with Crippen LogP contribution in [0.4, 0.5) is 5.13 Å². The number of aromatic nitrogens is 1. The van der Waals surface area contributed by atoms with Gasteiger partial charge in [0.2, 0.25) is 0 Å². The van der Waals surface area contributed by atoms with E-state index in [1.807, 2.05) is 18.2 Å². The molecule has 0 amide bonds. The SMILES string of the molecule is CN(CC1CCOC1)c1nc2ccc(Cl)cc2s1. The molecule has 3 nitrogen and oxygen atoms in total. The van der Waals surface area contributed by atoms with Crippen LogP contribution in [-0.2, 0) is 4.74 Å². The minimum absolute atomic E-state index is 0.630. The smallest absolute Gasteiger partial charge is 0.186 e. The molecule has 1 aliphatic rings. The lowest BCUT2D eigenvalue weighted by atomic mass is 10.1. The first-order valence-electron chi connectivity index (χ1n) is 6.07. The van der Waals surface area contributed by atoms with Crippen molar-refractivity contribution in [3.05, 3.63) is 23.2 Å². The molecule has 0 saturated carbocycles. The van der Waals surface area contributed by atoms with Crippen LogP contribution in [0.1, 0.15) is 6.42 Å². The molecule has 96 valence electrons. The second-order valence-corrected chi connectivity index (χ2v) is 6.16. The van der Waals surface area contributed by atoms with Gasteiger partial charge in [0.05, 0.1) is 16.8 Å². The van der Waals surface area contributed by atoms with Gasteiger partial charge in [-0.2, -0.15) is 0 Å². The molecule has 0 radical (unpaired) electrons. The normalized spacial score (nSPS) is 19.6. The molecule has 2 aromatic rings. The van der Waals surface area contributed by atoms with E-state index in [0.29, 0.717) is 5.92 Å². The number of anilines is 1. The number of benzene rings is 1. The fraction of sp³-hybridized carbons (Fsp3) is 0.462. The summed E-state index contributed by atoms with van der Waals surface area (Å²) in [7, 11) is 2.09. The Morgan fingerprint density at radius 2 is 2.44 bits per heavy atom. The second-order valence-electron chi connectivity index (χ2n) is 4.72. The minimum atomic E-state index is 0.630. The van der Waals surface area contributed by atoms with Crippen molar-refractivity contribution in [1.82, 2.24) is 4.98 Å². The molecule has 0 aliphatic carbocycles. The van der Waals surface area contributed by atoms with Crippen molar-refractivity contribution in [3.8, 4) is 0 Å². The third kappa shape index (κ3) is 2.46. The van der Waals surface area contributed by atoms with Crippen LogP contribution in [0.15, 0.2) is 18.2 Å². The van der Waals surface area contributed by atoms with Gasteiger partial charge in [0, 0.05) is 31.1 Å². The molecule has 1 atom stereocenters. The highest BCUT2D eigenvalue weighted by atomic mass is 35.5. The molecule has 2 heterocycles. The molecule has 0 N–H and O–H groups in total. The summed E-state index contributed by atoms with van der Waals surface area (Å²) in [6.45, 7) is 2.78. The predicted molar refractivity (Wildman–Crippen MR) is 76.8 cm³/mol. The summed E-state index contributed by atoms with van der Waals surface area (Å²) in [5.41, 5.74) is 1.02. The van der Waals surface area contributed by atoms with Crippen LogP contribution < -0.4 is 4.90 Å². The molecule has 18 heavy (non-hydrogen) atoms. The number of hydrogen-bond donors (Lipinski definition) is 0. The standard InChI is InChI=1S/C13H15ClN2OS/c1-16(7-9-4-5-17-8-9)13-15-11-3-2-10(14)6-12(11)18-13/h2-3,6,9H,4-5,7-8H2,1H3.